The molecule has 2 atom stereocenters. The van der Waals surface area contributed by atoms with Crippen LogP contribution in [0.2, 0.25) is 5.02 Å². The first-order valence-electron chi connectivity index (χ1n) is 11.0. The number of hydrogen-bond donors (Lipinski definition) is 2. The highest BCUT2D eigenvalue weighted by atomic mass is 79.9. The van der Waals surface area contributed by atoms with Gasteiger partial charge in [0.05, 0.1) is 36.1 Å². The zero-order valence-corrected chi connectivity index (χ0v) is 21.2. The Morgan fingerprint density at radius 1 is 0.912 bits per heavy atom. The molecule has 2 aliphatic rings. The van der Waals surface area contributed by atoms with Crippen LogP contribution in [0.4, 0.5) is 11.4 Å². The molecular formula is C27H24BrClN2O3. The van der Waals surface area contributed by atoms with Crippen molar-refractivity contribution in [3.05, 3.63) is 92.6 Å². The van der Waals surface area contributed by atoms with Crippen molar-refractivity contribution in [1.82, 2.24) is 0 Å². The topological polar surface area (TPSA) is 59.6 Å². The Balaban J connectivity index is 1.67. The van der Waals surface area contributed by atoms with E-state index in [1.807, 2.05) is 60.7 Å². The van der Waals surface area contributed by atoms with E-state index in [9.17, 15) is 4.79 Å². The van der Waals surface area contributed by atoms with Crippen molar-refractivity contribution in [3.8, 4) is 11.5 Å². The van der Waals surface area contributed by atoms with Gasteiger partial charge in [-0.1, -0.05) is 41.9 Å². The maximum absolute atomic E-state index is 13.8. The molecule has 5 rings (SSSR count). The molecule has 1 heterocycles. The third-order valence-electron chi connectivity index (χ3n) is 6.47. The van der Waals surface area contributed by atoms with Crippen LogP contribution < -0.4 is 20.1 Å². The zero-order chi connectivity index (χ0) is 23.8. The summed E-state index contributed by atoms with van der Waals surface area (Å²) in [6.07, 6.45) is 1.06. The summed E-state index contributed by atoms with van der Waals surface area (Å²) in [5.41, 5.74) is 5.27. The number of halogens is 2. The van der Waals surface area contributed by atoms with Gasteiger partial charge in [-0.25, -0.2) is 0 Å². The quantitative estimate of drug-likeness (QED) is 0.370. The monoisotopic (exact) mass is 538 g/mol. The number of anilines is 2. The molecule has 5 nitrogen and oxygen atoms in total. The van der Waals surface area contributed by atoms with Crippen LogP contribution in [0.3, 0.4) is 0 Å². The van der Waals surface area contributed by atoms with Crippen molar-refractivity contribution in [3.63, 3.8) is 0 Å². The number of rotatable bonds is 4. The second-order valence-corrected chi connectivity index (χ2v) is 9.68. The first-order chi connectivity index (χ1) is 16.5. The third kappa shape index (κ3) is 4.05. The number of nitrogens with one attached hydrogen (secondary N) is 2. The fourth-order valence-electron chi connectivity index (χ4n) is 4.86. The molecule has 0 amide bonds. The standard InChI is InChI=1S/C27H24BrClN2O3/c1-33-24-14-18(28)25(34-2)13-17(24)27-26-22(30-20-9-5-6-10-21(20)31-27)11-15(12-23(26)32)16-7-3-4-8-19(16)29/h3-10,13-15,27,30-31H,11-12H2,1-2H3. The Morgan fingerprint density at radius 3 is 2.35 bits per heavy atom. The highest BCUT2D eigenvalue weighted by Gasteiger charge is 2.37. The number of carbonyl (C=O) groups is 1. The molecule has 3 aromatic carbocycles. The number of fused-ring (bicyclic) bond motifs is 1. The molecule has 0 bridgehead atoms. The predicted octanol–water partition coefficient (Wildman–Crippen LogP) is 7.10. The largest absolute Gasteiger partial charge is 0.496 e. The van der Waals surface area contributed by atoms with Gasteiger partial charge in [0.1, 0.15) is 11.5 Å². The van der Waals surface area contributed by atoms with Gasteiger partial charge in [-0.15, -0.1) is 0 Å². The molecule has 3 aromatic rings. The van der Waals surface area contributed by atoms with Crippen LogP contribution >= 0.6 is 27.5 Å². The van der Waals surface area contributed by atoms with E-state index in [0.29, 0.717) is 34.9 Å². The summed E-state index contributed by atoms with van der Waals surface area (Å²) in [4.78, 5) is 13.8. The molecule has 0 fully saturated rings. The molecular weight excluding hydrogens is 516 g/mol. The fourth-order valence-corrected chi connectivity index (χ4v) is 5.64. The van der Waals surface area contributed by atoms with Crippen LogP contribution in [0.25, 0.3) is 0 Å². The Hall–Kier alpha value is -2.96. The van der Waals surface area contributed by atoms with Crippen LogP contribution in [0.1, 0.15) is 35.9 Å². The summed E-state index contributed by atoms with van der Waals surface area (Å²) in [7, 11) is 3.25. The maximum Gasteiger partial charge on any atom is 0.163 e. The van der Waals surface area contributed by atoms with Gasteiger partial charge >= 0.3 is 0 Å². The van der Waals surface area contributed by atoms with Crippen LogP contribution in [0.15, 0.2) is 76.4 Å². The van der Waals surface area contributed by atoms with E-state index >= 15 is 0 Å². The van der Waals surface area contributed by atoms with Gasteiger partial charge in [0, 0.05) is 28.3 Å². The number of ether oxygens (including phenoxy) is 2. The van der Waals surface area contributed by atoms with Crippen LogP contribution in [-0.2, 0) is 4.79 Å². The van der Waals surface area contributed by atoms with E-state index in [1.54, 1.807) is 14.2 Å². The second-order valence-electron chi connectivity index (χ2n) is 8.42. The van der Waals surface area contributed by atoms with E-state index in [0.717, 1.165) is 32.7 Å². The van der Waals surface area contributed by atoms with Crippen LogP contribution in [0.5, 0.6) is 11.5 Å². The van der Waals surface area contributed by atoms with E-state index in [-0.39, 0.29) is 11.7 Å². The number of carbonyl (C=O) groups excluding carboxylic acids is 1. The summed E-state index contributed by atoms with van der Waals surface area (Å²) in [5.74, 6) is 1.41. The van der Waals surface area contributed by atoms with Gasteiger partial charge in [-0.3, -0.25) is 4.79 Å². The number of hydrogen-bond acceptors (Lipinski definition) is 5. The van der Waals surface area contributed by atoms with Crippen molar-refractivity contribution in [1.29, 1.82) is 0 Å². The minimum Gasteiger partial charge on any atom is -0.496 e. The van der Waals surface area contributed by atoms with E-state index < -0.39 is 6.04 Å². The molecule has 2 unspecified atom stereocenters. The van der Waals surface area contributed by atoms with Crippen molar-refractivity contribution in [2.45, 2.75) is 24.8 Å². The van der Waals surface area contributed by atoms with Gasteiger partial charge in [-0.2, -0.15) is 0 Å². The lowest BCUT2D eigenvalue weighted by Crippen LogP contribution is -2.27. The average molecular weight is 540 g/mol. The minimum atomic E-state index is -0.414. The molecule has 0 radical (unpaired) electrons. The summed E-state index contributed by atoms with van der Waals surface area (Å²) in [6, 6.07) is 19.1. The molecule has 0 saturated heterocycles. The summed E-state index contributed by atoms with van der Waals surface area (Å²) < 4.78 is 12.1. The van der Waals surface area contributed by atoms with Gasteiger partial charge in [0.25, 0.3) is 0 Å². The minimum absolute atomic E-state index is 0.000267. The molecule has 1 aliphatic carbocycles. The smallest absolute Gasteiger partial charge is 0.163 e. The summed E-state index contributed by atoms with van der Waals surface area (Å²) >= 11 is 10.1. The highest BCUT2D eigenvalue weighted by Crippen LogP contribution is 2.48. The highest BCUT2D eigenvalue weighted by molar-refractivity contribution is 9.10. The Labute approximate surface area is 212 Å². The van der Waals surface area contributed by atoms with Crippen molar-refractivity contribution >= 4 is 44.7 Å². The normalized spacial score (nSPS) is 19.4. The van der Waals surface area contributed by atoms with Gasteiger partial charge in [0.2, 0.25) is 0 Å². The van der Waals surface area contributed by atoms with Gasteiger partial charge < -0.3 is 20.1 Å². The lowest BCUT2D eigenvalue weighted by Gasteiger charge is -2.31. The lowest BCUT2D eigenvalue weighted by molar-refractivity contribution is -0.116. The first-order valence-corrected chi connectivity index (χ1v) is 12.2. The molecule has 174 valence electrons. The SMILES string of the molecule is COc1cc(C2Nc3ccccc3NC3=C2C(=O)CC(c2ccccc2Cl)C3)c(OC)cc1Br. The summed E-state index contributed by atoms with van der Waals surface area (Å²) in [5, 5.41) is 7.85. The van der Waals surface area contributed by atoms with Crippen LogP contribution in [-0.4, -0.2) is 20.0 Å². The number of benzene rings is 3. The Bertz CT molecular complexity index is 1310. The number of Topliss-reactive ketones (excluding diaryl/α,β-unsaturated/α-hetero) is 1. The summed E-state index contributed by atoms with van der Waals surface area (Å²) in [6.45, 7) is 0. The molecule has 2 N–H and O–H groups in total. The molecule has 0 aromatic heterocycles. The van der Waals surface area contributed by atoms with E-state index in [4.69, 9.17) is 21.1 Å². The Morgan fingerprint density at radius 2 is 1.62 bits per heavy atom. The zero-order valence-electron chi connectivity index (χ0n) is 18.8. The fraction of sp³-hybridized carbons (Fsp3) is 0.222. The molecule has 1 aliphatic heterocycles. The number of methoxy groups -OCH3 is 2. The van der Waals surface area contributed by atoms with Crippen LogP contribution in [0, 0.1) is 0 Å². The maximum atomic E-state index is 13.8. The number of ketones is 1. The van der Waals surface area contributed by atoms with E-state index in [1.165, 1.54) is 0 Å². The Kier molecular flexibility index (Phi) is 6.28. The number of para-hydroxylation sites is 2. The van der Waals surface area contributed by atoms with Gasteiger partial charge in [-0.05, 0) is 64.2 Å². The lowest BCUT2D eigenvalue weighted by atomic mass is 9.78. The van der Waals surface area contributed by atoms with Crippen molar-refractivity contribution < 1.29 is 14.3 Å². The predicted molar refractivity (Wildman–Crippen MR) is 139 cm³/mol. The second kappa shape index (κ2) is 9.35. The molecule has 34 heavy (non-hydrogen) atoms. The third-order valence-corrected chi connectivity index (χ3v) is 7.43. The average Bonchev–Trinajstić information content (AvgIpc) is 3.01. The molecule has 7 heteroatoms. The molecule has 0 spiro atoms. The van der Waals surface area contributed by atoms with Crippen molar-refractivity contribution in [2.24, 2.45) is 0 Å². The van der Waals surface area contributed by atoms with E-state index in [2.05, 4.69) is 26.6 Å². The first kappa shape index (κ1) is 22.8. The molecule has 0 saturated carbocycles. The van der Waals surface area contributed by atoms with Crippen molar-refractivity contribution in [2.75, 3.05) is 24.9 Å². The van der Waals surface area contributed by atoms with Gasteiger partial charge in [0.15, 0.2) is 5.78 Å². The number of allylic oxidation sites excluding steroid dienone is 1.